The lowest BCUT2D eigenvalue weighted by Crippen LogP contribution is -2.33. The molecule has 3 saturated heterocycles. The number of Topliss-reactive ketones (excluding diaryl/α,β-unsaturated/α-hetero) is 3. The number of likely N-dealkylation sites (tertiary alicyclic amines) is 3. The topological polar surface area (TPSA) is 117 Å². The van der Waals surface area contributed by atoms with Gasteiger partial charge in [0.15, 0.2) is 17.3 Å². The van der Waals surface area contributed by atoms with Gasteiger partial charge >= 0.3 is 0 Å². The Kier molecular flexibility index (Phi) is 18.5. The van der Waals surface area contributed by atoms with Gasteiger partial charge < -0.3 is 35.8 Å². The van der Waals surface area contributed by atoms with Crippen molar-refractivity contribution in [3.05, 3.63) is 172 Å². The van der Waals surface area contributed by atoms with Crippen LogP contribution < -0.4 is 16.0 Å². The van der Waals surface area contributed by atoms with E-state index in [0.29, 0.717) is 22.6 Å². The zero-order chi connectivity index (χ0) is 49.6. The minimum Gasteiger partial charge on any atom is -0.506 e. The van der Waals surface area contributed by atoms with Crippen LogP contribution in [-0.4, -0.2) is 97.6 Å². The van der Waals surface area contributed by atoms with E-state index in [0.717, 1.165) is 117 Å². The van der Waals surface area contributed by atoms with Crippen LogP contribution in [0, 0.1) is 29.4 Å². The summed E-state index contributed by atoms with van der Waals surface area (Å²) < 4.78 is 27.6. The van der Waals surface area contributed by atoms with Crippen LogP contribution in [0.15, 0.2) is 144 Å². The number of rotatable bonds is 12. The first-order valence-corrected chi connectivity index (χ1v) is 24.8. The molecule has 4 N–H and O–H groups in total. The highest BCUT2D eigenvalue weighted by molar-refractivity contribution is 9.10. The van der Waals surface area contributed by atoms with Crippen LogP contribution in [-0.2, 0) is 0 Å². The first-order chi connectivity index (χ1) is 33.8. The molecule has 9 rings (SSSR count). The van der Waals surface area contributed by atoms with E-state index in [1.165, 1.54) is 12.1 Å². The number of phenolic OH excluding ortho intramolecular Hbond substituents is 1. The van der Waals surface area contributed by atoms with Crippen molar-refractivity contribution in [2.24, 2.45) is 17.8 Å². The molecule has 3 heterocycles. The number of hydrogen-bond acceptors (Lipinski definition) is 10. The second-order valence-electron chi connectivity index (χ2n) is 18.6. The van der Waals surface area contributed by atoms with Gasteiger partial charge in [0.05, 0.1) is 5.69 Å². The van der Waals surface area contributed by atoms with Gasteiger partial charge in [0, 0.05) is 73.4 Å². The van der Waals surface area contributed by atoms with Crippen molar-refractivity contribution >= 4 is 67.4 Å². The number of aromatic hydroxyl groups is 1. The van der Waals surface area contributed by atoms with Crippen LogP contribution >= 0.6 is 15.9 Å². The van der Waals surface area contributed by atoms with Gasteiger partial charge in [-0.1, -0.05) is 64.5 Å². The van der Waals surface area contributed by atoms with Gasteiger partial charge in [-0.2, -0.15) is 0 Å². The smallest absolute Gasteiger partial charge is 0.166 e. The lowest BCUT2D eigenvalue weighted by atomic mass is 9.89. The Balaban J connectivity index is 0.000000155. The van der Waals surface area contributed by atoms with E-state index < -0.39 is 11.6 Å². The molecule has 366 valence electrons. The molecule has 3 fully saturated rings. The summed E-state index contributed by atoms with van der Waals surface area (Å²) in [6, 6.07) is 40.8. The van der Waals surface area contributed by atoms with Gasteiger partial charge in [-0.25, -0.2) is 8.78 Å². The largest absolute Gasteiger partial charge is 0.506 e. The summed E-state index contributed by atoms with van der Waals surface area (Å²) >= 11 is 3.43. The summed E-state index contributed by atoms with van der Waals surface area (Å²) in [5.41, 5.74) is 6.54. The average Bonchev–Trinajstić information content (AvgIpc) is 3.36. The second-order valence-corrected chi connectivity index (χ2v) is 19.5. The molecule has 0 atom stereocenters. The van der Waals surface area contributed by atoms with Crippen LogP contribution in [0.4, 0.5) is 42.9 Å². The minimum atomic E-state index is -0.643. The third-order valence-electron chi connectivity index (χ3n) is 13.2. The molecule has 0 spiro atoms. The number of anilines is 6. The highest BCUT2D eigenvalue weighted by Gasteiger charge is 2.27. The van der Waals surface area contributed by atoms with E-state index in [2.05, 4.69) is 67.7 Å². The van der Waals surface area contributed by atoms with Gasteiger partial charge in [0.2, 0.25) is 0 Å². The van der Waals surface area contributed by atoms with Crippen LogP contribution in [0.1, 0.15) is 69.6 Å². The van der Waals surface area contributed by atoms with Crippen molar-refractivity contribution in [2.45, 2.75) is 38.5 Å². The highest BCUT2D eigenvalue weighted by Crippen LogP contribution is 2.30. The second kappa shape index (κ2) is 25.0. The number of ketones is 3. The zero-order valence-corrected chi connectivity index (χ0v) is 41.7. The third-order valence-corrected chi connectivity index (χ3v) is 13.7. The molecular weight excluding hydrogens is 951 g/mol. The summed E-state index contributed by atoms with van der Waals surface area (Å²) in [5.74, 6) is -0.135. The van der Waals surface area contributed by atoms with E-state index in [-0.39, 0.29) is 40.9 Å². The minimum absolute atomic E-state index is 0.0445. The maximum Gasteiger partial charge on any atom is 0.166 e. The van der Waals surface area contributed by atoms with E-state index in [9.17, 15) is 28.3 Å². The maximum atomic E-state index is 13.3. The van der Waals surface area contributed by atoms with E-state index in [4.69, 9.17) is 0 Å². The number of halogens is 3. The summed E-state index contributed by atoms with van der Waals surface area (Å²) in [4.78, 5) is 44.8. The number of carbonyl (C=O) groups is 3. The average molecular weight is 1010 g/mol. The molecule has 3 aliphatic rings. The van der Waals surface area contributed by atoms with Gasteiger partial charge in [-0.3, -0.25) is 14.4 Å². The van der Waals surface area contributed by atoms with Crippen LogP contribution in [0.5, 0.6) is 5.75 Å². The van der Waals surface area contributed by atoms with Crippen LogP contribution in [0.25, 0.3) is 0 Å². The normalized spacial score (nSPS) is 16.2. The number of para-hydroxylation sites is 2. The number of nitrogens with one attached hydrogen (secondary N) is 3. The van der Waals surface area contributed by atoms with E-state index in [1.54, 1.807) is 42.5 Å². The number of piperidine rings is 3. The molecule has 0 saturated carbocycles. The number of phenols is 1. The fourth-order valence-electron chi connectivity index (χ4n) is 9.00. The lowest BCUT2D eigenvalue weighted by molar-refractivity contribution is 0.0850. The molecule has 10 nitrogen and oxygen atoms in total. The predicted molar refractivity (Wildman–Crippen MR) is 281 cm³/mol. The Bertz CT molecular complexity index is 2680. The summed E-state index contributed by atoms with van der Waals surface area (Å²) in [7, 11) is 6.27. The molecule has 0 bridgehead atoms. The number of benzene rings is 6. The quantitative estimate of drug-likeness (QED) is 0.0697. The molecule has 6 aromatic carbocycles. The summed E-state index contributed by atoms with van der Waals surface area (Å²) in [5, 5.41) is 19.3. The first-order valence-electron chi connectivity index (χ1n) is 24.1. The molecule has 6 aromatic rings. The Labute approximate surface area is 419 Å². The van der Waals surface area contributed by atoms with Gasteiger partial charge in [-0.15, -0.1) is 0 Å². The summed E-state index contributed by atoms with van der Waals surface area (Å²) in [6.07, 6.45) is 5.49. The first kappa shape index (κ1) is 51.6. The molecule has 70 heavy (non-hydrogen) atoms. The SMILES string of the molecule is CN1CCC(C(=O)c2cccc(Nc3cc(F)cc(F)c3)c2)CC1.CN1CCC(C(=O)c2cccc(Nc3ccc(Br)cc3)c2)CC1.CN1CCC(C(=O)c2cccc(Nc3ccccc3O)c2)CC1. The predicted octanol–water partition coefficient (Wildman–Crippen LogP) is 12.6. The molecule has 13 heteroatoms. The number of hydrogen-bond donors (Lipinski definition) is 4. The summed E-state index contributed by atoms with van der Waals surface area (Å²) in [6.45, 7) is 5.83. The van der Waals surface area contributed by atoms with Gasteiger partial charge in [0.1, 0.15) is 17.4 Å². The van der Waals surface area contributed by atoms with Crippen molar-refractivity contribution in [1.29, 1.82) is 0 Å². The van der Waals surface area contributed by atoms with Crippen molar-refractivity contribution < 1.29 is 28.3 Å². The van der Waals surface area contributed by atoms with Crippen LogP contribution in [0.2, 0.25) is 0 Å². The molecule has 0 radical (unpaired) electrons. The Morgan fingerprint density at radius 2 is 0.829 bits per heavy atom. The molecule has 0 aliphatic carbocycles. The Morgan fingerprint density at radius 1 is 0.457 bits per heavy atom. The molecular formula is C57H63BrF2N6O4. The number of carbonyl (C=O) groups excluding carboxylic acids is 3. The van der Waals surface area contributed by atoms with Crippen molar-refractivity contribution in [3.63, 3.8) is 0 Å². The number of nitrogens with zero attached hydrogens (tertiary/aromatic N) is 3. The van der Waals surface area contributed by atoms with E-state index >= 15 is 0 Å². The molecule has 0 amide bonds. The molecule has 3 aliphatic heterocycles. The lowest BCUT2D eigenvalue weighted by Gasteiger charge is -2.28. The van der Waals surface area contributed by atoms with Crippen molar-refractivity contribution in [1.82, 2.24) is 14.7 Å². The van der Waals surface area contributed by atoms with Crippen molar-refractivity contribution in [2.75, 3.05) is 76.4 Å². The van der Waals surface area contributed by atoms with Gasteiger partial charge in [-0.05, 0) is 184 Å². The maximum absolute atomic E-state index is 13.3. The Morgan fingerprint density at radius 3 is 1.23 bits per heavy atom. The monoisotopic (exact) mass is 1010 g/mol. The standard InChI is InChI=1S/C19H21BrN2O.C19H20F2N2O.C19H22N2O2/c1-22-11-9-14(10-12-22)19(23)15-3-2-4-18(13-15)21-17-7-5-16(20)6-8-17;1-23-7-5-13(6-8-23)19(24)14-3-2-4-17(9-14)22-18-11-15(20)10-16(21)12-18;1-21-11-9-14(10-12-21)19(23)15-5-4-6-16(13-15)20-17-7-2-3-8-18(17)22/h2-8,13-14,21H,9-12H2,1H3;2-4,9-13,22H,5-8H2,1H3;2-8,13-14,20,22H,9-12H2,1H3. The van der Waals surface area contributed by atoms with Gasteiger partial charge in [0.25, 0.3) is 0 Å². The fourth-order valence-corrected chi connectivity index (χ4v) is 9.26. The van der Waals surface area contributed by atoms with Crippen molar-refractivity contribution in [3.8, 4) is 5.75 Å². The Hall–Kier alpha value is -6.25. The molecule has 0 aromatic heterocycles. The van der Waals surface area contributed by atoms with Crippen LogP contribution in [0.3, 0.4) is 0 Å². The highest BCUT2D eigenvalue weighted by atomic mass is 79.9. The third kappa shape index (κ3) is 15.1. The fraction of sp³-hybridized carbons (Fsp3) is 0.316. The molecule has 0 unspecified atom stereocenters. The van der Waals surface area contributed by atoms with E-state index in [1.807, 2.05) is 78.9 Å². The zero-order valence-electron chi connectivity index (χ0n) is 40.1.